The zero-order valence-corrected chi connectivity index (χ0v) is 13.1. The maximum atomic E-state index is 12.4. The minimum atomic E-state index is -0.220. The number of benzene rings is 1. The summed E-state index contributed by atoms with van der Waals surface area (Å²) in [5, 5.41) is 2.77. The van der Waals surface area contributed by atoms with Crippen LogP contribution in [0, 0.1) is 0 Å². The van der Waals surface area contributed by atoms with Gasteiger partial charge in [0.05, 0.1) is 13.2 Å². The van der Waals surface area contributed by atoms with Crippen molar-refractivity contribution in [2.24, 2.45) is 0 Å². The lowest BCUT2D eigenvalue weighted by atomic mass is 10.2. The molecule has 0 atom stereocenters. The lowest BCUT2D eigenvalue weighted by Gasteiger charge is -2.16. The number of aromatic nitrogens is 1. The maximum Gasteiger partial charge on any atom is 0.256 e. The number of amides is 1. The molecule has 1 saturated carbocycles. The second kappa shape index (κ2) is 7.13. The van der Waals surface area contributed by atoms with E-state index >= 15 is 0 Å². The minimum absolute atomic E-state index is 0.206. The first kappa shape index (κ1) is 15.3. The molecule has 1 fully saturated rings. The van der Waals surface area contributed by atoms with Crippen LogP contribution >= 0.6 is 0 Å². The predicted octanol–water partition coefficient (Wildman–Crippen LogP) is 3.66. The van der Waals surface area contributed by atoms with Gasteiger partial charge in [-0.3, -0.25) is 4.79 Å². The van der Waals surface area contributed by atoms with E-state index < -0.39 is 0 Å². The fourth-order valence-electron chi connectivity index (χ4n) is 2.72. The molecule has 120 valence electrons. The van der Waals surface area contributed by atoms with Gasteiger partial charge in [-0.05, 0) is 56.0 Å². The molecule has 1 aromatic heterocycles. The summed E-state index contributed by atoms with van der Waals surface area (Å²) in [6, 6.07) is 10.6. The van der Waals surface area contributed by atoms with Gasteiger partial charge in [0.15, 0.2) is 11.5 Å². The van der Waals surface area contributed by atoms with Crippen molar-refractivity contribution in [3.8, 4) is 11.5 Å². The van der Waals surface area contributed by atoms with Crippen LogP contribution < -0.4 is 14.8 Å². The maximum absolute atomic E-state index is 12.4. The van der Waals surface area contributed by atoms with Crippen molar-refractivity contribution in [2.45, 2.75) is 31.8 Å². The van der Waals surface area contributed by atoms with Gasteiger partial charge in [-0.2, -0.15) is 0 Å². The van der Waals surface area contributed by atoms with Gasteiger partial charge < -0.3 is 14.8 Å². The number of ether oxygens (including phenoxy) is 2. The van der Waals surface area contributed by atoms with E-state index in [1.807, 2.05) is 6.07 Å². The highest BCUT2D eigenvalue weighted by atomic mass is 16.5. The Morgan fingerprint density at radius 3 is 2.70 bits per heavy atom. The second-order valence-electron chi connectivity index (χ2n) is 5.56. The molecule has 0 bridgehead atoms. The average Bonchev–Trinajstić information content (AvgIpc) is 3.09. The van der Waals surface area contributed by atoms with Crippen LogP contribution in [0.3, 0.4) is 0 Å². The number of hydrogen-bond acceptors (Lipinski definition) is 4. The van der Waals surface area contributed by atoms with E-state index in [1.54, 1.807) is 43.6 Å². The highest BCUT2D eigenvalue weighted by molar-refractivity contribution is 6.04. The molecule has 1 N–H and O–H groups in total. The Kier molecular flexibility index (Phi) is 4.76. The lowest BCUT2D eigenvalue weighted by molar-refractivity contribution is 0.102. The summed E-state index contributed by atoms with van der Waals surface area (Å²) in [4.78, 5) is 16.5. The van der Waals surface area contributed by atoms with Gasteiger partial charge in [0.1, 0.15) is 5.82 Å². The average molecular weight is 312 g/mol. The fraction of sp³-hybridized carbons (Fsp3) is 0.333. The largest absolute Gasteiger partial charge is 0.493 e. The molecule has 5 heteroatoms. The molecule has 1 aromatic carbocycles. The fourth-order valence-corrected chi connectivity index (χ4v) is 2.72. The van der Waals surface area contributed by atoms with Crippen LogP contribution in [0.15, 0.2) is 42.6 Å². The van der Waals surface area contributed by atoms with Crippen LogP contribution in [0.25, 0.3) is 0 Å². The normalized spacial score (nSPS) is 14.5. The summed E-state index contributed by atoms with van der Waals surface area (Å²) in [7, 11) is 1.60. The molecule has 3 rings (SSSR count). The van der Waals surface area contributed by atoms with Crippen LogP contribution in [0.5, 0.6) is 11.5 Å². The van der Waals surface area contributed by atoms with Gasteiger partial charge in [0.2, 0.25) is 0 Å². The summed E-state index contributed by atoms with van der Waals surface area (Å²) < 4.78 is 11.4. The summed E-state index contributed by atoms with van der Waals surface area (Å²) >= 11 is 0. The third-order valence-electron chi connectivity index (χ3n) is 3.93. The molecular weight excluding hydrogens is 292 g/mol. The van der Waals surface area contributed by atoms with Crippen molar-refractivity contribution in [3.63, 3.8) is 0 Å². The van der Waals surface area contributed by atoms with Crippen LogP contribution in [0.4, 0.5) is 5.82 Å². The van der Waals surface area contributed by atoms with E-state index in [1.165, 1.54) is 12.8 Å². The van der Waals surface area contributed by atoms with E-state index in [9.17, 15) is 4.79 Å². The van der Waals surface area contributed by atoms with Crippen LogP contribution in [-0.4, -0.2) is 24.1 Å². The Morgan fingerprint density at radius 1 is 1.17 bits per heavy atom. The summed E-state index contributed by atoms with van der Waals surface area (Å²) in [5.74, 6) is 1.56. The first-order chi connectivity index (χ1) is 11.3. The highest BCUT2D eigenvalue weighted by Gasteiger charge is 2.19. The van der Waals surface area contributed by atoms with Crippen molar-refractivity contribution >= 4 is 11.7 Å². The second-order valence-corrected chi connectivity index (χ2v) is 5.56. The third kappa shape index (κ3) is 3.80. The zero-order valence-electron chi connectivity index (χ0n) is 13.1. The number of carbonyl (C=O) groups excluding carboxylic acids is 1. The number of nitrogens with zero attached hydrogens (tertiary/aromatic N) is 1. The molecule has 1 amide bonds. The number of anilines is 1. The van der Waals surface area contributed by atoms with Gasteiger partial charge >= 0.3 is 0 Å². The topological polar surface area (TPSA) is 60.5 Å². The van der Waals surface area contributed by atoms with E-state index in [-0.39, 0.29) is 12.0 Å². The third-order valence-corrected chi connectivity index (χ3v) is 3.93. The van der Waals surface area contributed by atoms with E-state index in [0.717, 1.165) is 12.8 Å². The Morgan fingerprint density at radius 2 is 2.00 bits per heavy atom. The quantitative estimate of drug-likeness (QED) is 0.915. The predicted molar refractivity (Wildman–Crippen MR) is 88.1 cm³/mol. The molecule has 1 aliphatic carbocycles. The van der Waals surface area contributed by atoms with E-state index in [0.29, 0.717) is 22.9 Å². The highest BCUT2D eigenvalue weighted by Crippen LogP contribution is 2.32. The standard InChI is InChI=1S/C18H20N2O3/c1-22-15-10-9-13(12-16(15)23-14-6-2-3-7-14)18(21)20-17-8-4-5-11-19-17/h4-5,8-12,14H,2-3,6-7H2,1H3,(H,19,20,21). The van der Waals surface area contributed by atoms with Gasteiger partial charge in [0, 0.05) is 11.8 Å². The number of rotatable bonds is 5. The molecule has 0 spiro atoms. The number of hydrogen-bond donors (Lipinski definition) is 1. The van der Waals surface area contributed by atoms with Crippen molar-refractivity contribution in [2.75, 3.05) is 12.4 Å². The van der Waals surface area contributed by atoms with Gasteiger partial charge in [-0.1, -0.05) is 6.07 Å². The summed E-state index contributed by atoms with van der Waals surface area (Å²) in [6.45, 7) is 0. The molecule has 0 unspecified atom stereocenters. The van der Waals surface area contributed by atoms with Gasteiger partial charge in [-0.15, -0.1) is 0 Å². The van der Waals surface area contributed by atoms with Crippen molar-refractivity contribution in [1.29, 1.82) is 0 Å². The van der Waals surface area contributed by atoms with E-state index in [2.05, 4.69) is 10.3 Å². The number of carbonyl (C=O) groups is 1. The molecule has 5 nitrogen and oxygen atoms in total. The summed E-state index contributed by atoms with van der Waals surface area (Å²) in [5.41, 5.74) is 0.518. The van der Waals surface area contributed by atoms with Crippen LogP contribution in [0.2, 0.25) is 0 Å². The molecule has 2 aromatic rings. The van der Waals surface area contributed by atoms with Gasteiger partial charge in [0.25, 0.3) is 5.91 Å². The first-order valence-electron chi connectivity index (χ1n) is 7.83. The number of pyridine rings is 1. The lowest BCUT2D eigenvalue weighted by Crippen LogP contribution is -2.15. The SMILES string of the molecule is COc1ccc(C(=O)Nc2ccccn2)cc1OC1CCCC1. The molecule has 1 heterocycles. The molecule has 0 saturated heterocycles. The number of methoxy groups -OCH3 is 1. The molecule has 1 aliphatic rings. The van der Waals surface area contributed by atoms with Crippen molar-refractivity contribution in [1.82, 2.24) is 4.98 Å². The Labute approximate surface area is 135 Å². The molecular formula is C18H20N2O3. The molecule has 0 radical (unpaired) electrons. The number of nitrogens with one attached hydrogen (secondary N) is 1. The van der Waals surface area contributed by atoms with Crippen LogP contribution in [-0.2, 0) is 0 Å². The summed E-state index contributed by atoms with van der Waals surface area (Å²) in [6.07, 6.45) is 6.32. The Hall–Kier alpha value is -2.56. The smallest absolute Gasteiger partial charge is 0.256 e. The monoisotopic (exact) mass is 312 g/mol. The zero-order chi connectivity index (χ0) is 16.1. The van der Waals surface area contributed by atoms with Crippen LogP contribution in [0.1, 0.15) is 36.0 Å². The van der Waals surface area contributed by atoms with Crippen molar-refractivity contribution < 1.29 is 14.3 Å². The van der Waals surface area contributed by atoms with Gasteiger partial charge in [-0.25, -0.2) is 4.98 Å². The molecule has 0 aliphatic heterocycles. The van der Waals surface area contributed by atoms with Crippen molar-refractivity contribution in [3.05, 3.63) is 48.2 Å². The first-order valence-corrected chi connectivity index (χ1v) is 7.83. The van der Waals surface area contributed by atoms with E-state index in [4.69, 9.17) is 9.47 Å². The Bertz CT molecular complexity index is 667. The molecule has 23 heavy (non-hydrogen) atoms. The Balaban J connectivity index is 1.77. The minimum Gasteiger partial charge on any atom is -0.493 e.